The minimum Gasteiger partial charge on any atom is -0.339 e. The van der Waals surface area contributed by atoms with E-state index >= 15 is 0 Å². The maximum atomic E-state index is 5.33. The maximum absolute atomic E-state index is 5.33. The molecule has 0 spiro atoms. The minimum absolute atomic E-state index is 0.319. The molecule has 0 aliphatic carbocycles. The molecule has 17 heavy (non-hydrogen) atoms. The average molecular weight is 230 g/mol. The van der Waals surface area contributed by atoms with E-state index in [-0.39, 0.29) is 0 Å². The van der Waals surface area contributed by atoms with Crippen LogP contribution in [0.25, 0.3) is 11.4 Å². The van der Waals surface area contributed by atoms with E-state index in [1.54, 1.807) is 12.4 Å². The zero-order valence-electron chi connectivity index (χ0n) is 9.63. The van der Waals surface area contributed by atoms with Gasteiger partial charge in [0.05, 0.1) is 0 Å². The van der Waals surface area contributed by atoms with E-state index < -0.39 is 0 Å². The third-order valence-electron chi connectivity index (χ3n) is 3.29. The highest BCUT2D eigenvalue weighted by molar-refractivity contribution is 5.52. The molecule has 2 aromatic rings. The standard InChI is InChI=1S/C12H14N4O/c1-8(10-6-14-7-10)12-15-11(16-17-12)9-2-4-13-5-3-9/h2-5,8,10,14H,6-7H2,1H3. The van der Waals surface area contributed by atoms with Gasteiger partial charge in [-0.25, -0.2) is 0 Å². The molecule has 88 valence electrons. The van der Waals surface area contributed by atoms with E-state index in [2.05, 4.69) is 27.4 Å². The van der Waals surface area contributed by atoms with Crippen LogP contribution in [0.5, 0.6) is 0 Å². The fraction of sp³-hybridized carbons (Fsp3) is 0.417. The van der Waals surface area contributed by atoms with E-state index in [1.165, 1.54) is 0 Å². The Kier molecular flexibility index (Phi) is 2.60. The summed E-state index contributed by atoms with van der Waals surface area (Å²) in [7, 11) is 0. The molecule has 5 nitrogen and oxygen atoms in total. The smallest absolute Gasteiger partial charge is 0.230 e. The van der Waals surface area contributed by atoms with Gasteiger partial charge in [-0.2, -0.15) is 4.98 Å². The summed E-state index contributed by atoms with van der Waals surface area (Å²) in [5.41, 5.74) is 0.939. The monoisotopic (exact) mass is 230 g/mol. The van der Waals surface area contributed by atoms with Gasteiger partial charge in [-0.05, 0) is 31.1 Å². The van der Waals surface area contributed by atoms with Crippen molar-refractivity contribution in [3.63, 3.8) is 0 Å². The van der Waals surface area contributed by atoms with Gasteiger partial charge in [-0.1, -0.05) is 12.1 Å². The summed E-state index contributed by atoms with van der Waals surface area (Å²) in [5.74, 6) is 2.30. The fourth-order valence-corrected chi connectivity index (χ4v) is 1.90. The van der Waals surface area contributed by atoms with Crippen LogP contribution in [0.1, 0.15) is 18.7 Å². The molecule has 1 atom stereocenters. The van der Waals surface area contributed by atoms with Gasteiger partial charge in [0, 0.05) is 23.9 Å². The number of hydrogen-bond donors (Lipinski definition) is 1. The number of nitrogens with zero attached hydrogens (tertiary/aromatic N) is 3. The van der Waals surface area contributed by atoms with Crippen molar-refractivity contribution in [3.05, 3.63) is 30.4 Å². The summed E-state index contributed by atoms with van der Waals surface area (Å²) in [6, 6.07) is 3.76. The Morgan fingerprint density at radius 3 is 2.76 bits per heavy atom. The molecule has 0 bridgehead atoms. The minimum atomic E-state index is 0.319. The van der Waals surface area contributed by atoms with Crippen molar-refractivity contribution < 1.29 is 4.52 Å². The number of rotatable bonds is 3. The average Bonchev–Trinajstić information content (AvgIpc) is 2.77. The first-order chi connectivity index (χ1) is 8.34. The summed E-state index contributed by atoms with van der Waals surface area (Å²) in [4.78, 5) is 8.42. The topological polar surface area (TPSA) is 63.8 Å². The number of aromatic nitrogens is 3. The van der Waals surface area contributed by atoms with Crippen LogP contribution in [0.15, 0.2) is 29.0 Å². The highest BCUT2D eigenvalue weighted by Crippen LogP contribution is 2.27. The first-order valence-corrected chi connectivity index (χ1v) is 5.79. The zero-order valence-corrected chi connectivity index (χ0v) is 9.63. The quantitative estimate of drug-likeness (QED) is 0.864. The van der Waals surface area contributed by atoms with Crippen LogP contribution < -0.4 is 5.32 Å². The summed E-state index contributed by atoms with van der Waals surface area (Å²) < 4.78 is 5.33. The van der Waals surface area contributed by atoms with Gasteiger partial charge in [-0.15, -0.1) is 0 Å². The molecule has 1 unspecified atom stereocenters. The molecule has 3 rings (SSSR count). The molecule has 3 heterocycles. The molecule has 2 aromatic heterocycles. The third-order valence-corrected chi connectivity index (χ3v) is 3.29. The van der Waals surface area contributed by atoms with Crippen molar-refractivity contribution in [2.75, 3.05) is 13.1 Å². The Labute approximate surface area is 99.3 Å². The summed E-state index contributed by atoms with van der Waals surface area (Å²) in [5, 5.41) is 7.27. The lowest BCUT2D eigenvalue weighted by Gasteiger charge is -2.30. The first-order valence-electron chi connectivity index (χ1n) is 5.79. The van der Waals surface area contributed by atoms with Gasteiger partial charge in [0.15, 0.2) is 0 Å². The molecule has 0 saturated carbocycles. The molecule has 0 aromatic carbocycles. The summed E-state index contributed by atoms with van der Waals surface area (Å²) >= 11 is 0. The highest BCUT2D eigenvalue weighted by atomic mass is 16.5. The predicted molar refractivity (Wildman–Crippen MR) is 62.3 cm³/mol. The highest BCUT2D eigenvalue weighted by Gasteiger charge is 2.28. The Morgan fingerprint density at radius 1 is 1.35 bits per heavy atom. The van der Waals surface area contributed by atoms with Gasteiger partial charge in [0.2, 0.25) is 11.7 Å². The van der Waals surface area contributed by atoms with Gasteiger partial charge in [0.25, 0.3) is 0 Å². The van der Waals surface area contributed by atoms with Crippen LogP contribution in [-0.2, 0) is 0 Å². The third kappa shape index (κ3) is 1.93. The van der Waals surface area contributed by atoms with Crippen molar-refractivity contribution >= 4 is 0 Å². The lowest BCUT2D eigenvalue weighted by molar-refractivity contribution is 0.252. The summed E-state index contributed by atoms with van der Waals surface area (Å²) in [6.07, 6.45) is 3.45. The molecular formula is C12H14N4O. The van der Waals surface area contributed by atoms with E-state index in [1.807, 2.05) is 12.1 Å². The lowest BCUT2D eigenvalue weighted by atomic mass is 9.89. The Morgan fingerprint density at radius 2 is 2.12 bits per heavy atom. The second-order valence-electron chi connectivity index (χ2n) is 4.40. The maximum Gasteiger partial charge on any atom is 0.230 e. The molecule has 1 saturated heterocycles. The summed E-state index contributed by atoms with van der Waals surface area (Å²) in [6.45, 7) is 4.21. The molecule has 0 amide bonds. The van der Waals surface area contributed by atoms with Gasteiger partial charge in [-0.3, -0.25) is 4.98 Å². The van der Waals surface area contributed by atoms with Crippen LogP contribution in [0.2, 0.25) is 0 Å². The SMILES string of the molecule is CC(c1nc(-c2ccncc2)no1)C1CNC1. The van der Waals surface area contributed by atoms with Crippen LogP contribution in [0.4, 0.5) is 0 Å². The first kappa shape index (κ1) is 10.4. The molecule has 1 N–H and O–H groups in total. The van der Waals surface area contributed by atoms with Crippen molar-refractivity contribution in [1.29, 1.82) is 0 Å². The Bertz CT molecular complexity index is 492. The molecule has 1 aliphatic rings. The molecule has 1 fully saturated rings. The van der Waals surface area contributed by atoms with Gasteiger partial charge < -0.3 is 9.84 Å². The Balaban J connectivity index is 1.82. The van der Waals surface area contributed by atoms with Crippen LogP contribution >= 0.6 is 0 Å². The van der Waals surface area contributed by atoms with Crippen LogP contribution in [0, 0.1) is 5.92 Å². The van der Waals surface area contributed by atoms with Crippen molar-refractivity contribution in [3.8, 4) is 11.4 Å². The van der Waals surface area contributed by atoms with Gasteiger partial charge in [0.1, 0.15) is 0 Å². The predicted octanol–water partition coefficient (Wildman–Crippen LogP) is 1.45. The largest absolute Gasteiger partial charge is 0.339 e. The molecule has 0 radical (unpaired) electrons. The van der Waals surface area contributed by atoms with Gasteiger partial charge >= 0.3 is 0 Å². The second-order valence-corrected chi connectivity index (χ2v) is 4.40. The van der Waals surface area contributed by atoms with E-state index in [0.717, 1.165) is 24.5 Å². The van der Waals surface area contributed by atoms with Crippen molar-refractivity contribution in [2.45, 2.75) is 12.8 Å². The van der Waals surface area contributed by atoms with Crippen LogP contribution in [-0.4, -0.2) is 28.2 Å². The van der Waals surface area contributed by atoms with Crippen molar-refractivity contribution in [1.82, 2.24) is 20.4 Å². The molecule has 5 heteroatoms. The van der Waals surface area contributed by atoms with E-state index in [4.69, 9.17) is 4.52 Å². The van der Waals surface area contributed by atoms with Crippen LogP contribution in [0.3, 0.4) is 0 Å². The van der Waals surface area contributed by atoms with E-state index in [0.29, 0.717) is 17.7 Å². The zero-order chi connectivity index (χ0) is 11.7. The number of hydrogen-bond acceptors (Lipinski definition) is 5. The normalized spacial score (nSPS) is 17.7. The molecule has 1 aliphatic heterocycles. The number of nitrogens with one attached hydrogen (secondary N) is 1. The Hall–Kier alpha value is -1.75. The lowest BCUT2D eigenvalue weighted by Crippen LogP contribution is -2.44. The second kappa shape index (κ2) is 4.25. The fourth-order valence-electron chi connectivity index (χ4n) is 1.90. The van der Waals surface area contributed by atoms with E-state index in [9.17, 15) is 0 Å². The number of pyridine rings is 1. The molecular weight excluding hydrogens is 216 g/mol. The van der Waals surface area contributed by atoms with Crippen molar-refractivity contribution in [2.24, 2.45) is 5.92 Å².